The molecule has 0 spiro atoms. The predicted molar refractivity (Wildman–Crippen MR) is 64.5 cm³/mol. The Morgan fingerprint density at radius 1 is 1.29 bits per heavy atom. The smallest absolute Gasteiger partial charge is 0.171 e. The number of aliphatic hydroxyl groups is 1. The lowest BCUT2D eigenvalue weighted by Crippen LogP contribution is -2.23. The van der Waals surface area contributed by atoms with Crippen molar-refractivity contribution in [1.29, 1.82) is 0 Å². The minimum Gasteiger partial charge on any atom is -0.488 e. The lowest BCUT2D eigenvalue weighted by atomic mass is 9.91. The fourth-order valence-corrected chi connectivity index (χ4v) is 2.44. The van der Waals surface area contributed by atoms with Crippen molar-refractivity contribution < 1.29 is 14.2 Å². The fourth-order valence-electron chi connectivity index (χ4n) is 2.44. The molecule has 0 bridgehead atoms. The molecule has 2 nitrogen and oxygen atoms in total. The van der Waals surface area contributed by atoms with Gasteiger partial charge < -0.3 is 9.84 Å². The first-order valence-corrected chi connectivity index (χ1v) is 6.21. The van der Waals surface area contributed by atoms with E-state index in [-0.39, 0.29) is 11.9 Å². The highest BCUT2D eigenvalue weighted by atomic mass is 19.1. The summed E-state index contributed by atoms with van der Waals surface area (Å²) >= 11 is 0. The maximum atomic E-state index is 14.2. The summed E-state index contributed by atoms with van der Waals surface area (Å²) in [5.74, 6) is -0.177. The van der Waals surface area contributed by atoms with Crippen LogP contribution in [0.1, 0.15) is 45.1 Å². The summed E-state index contributed by atoms with van der Waals surface area (Å²) in [6.45, 7) is 3.72. The average Bonchev–Trinajstić information content (AvgIpc) is 2.69. The van der Waals surface area contributed by atoms with Gasteiger partial charge >= 0.3 is 0 Å². The second-order valence-corrected chi connectivity index (χ2v) is 5.02. The molecule has 0 aliphatic heterocycles. The Morgan fingerprint density at radius 2 is 1.94 bits per heavy atom. The van der Waals surface area contributed by atoms with E-state index in [4.69, 9.17) is 4.74 Å². The van der Waals surface area contributed by atoms with Crippen molar-refractivity contribution in [2.75, 3.05) is 0 Å². The number of hydrogen-bond donors (Lipinski definition) is 1. The van der Waals surface area contributed by atoms with Crippen LogP contribution >= 0.6 is 0 Å². The van der Waals surface area contributed by atoms with Gasteiger partial charge in [0, 0.05) is 5.56 Å². The fraction of sp³-hybridized carbons (Fsp3) is 0.571. The molecule has 1 saturated carbocycles. The molecule has 1 N–H and O–H groups in total. The summed E-state index contributed by atoms with van der Waals surface area (Å²) in [7, 11) is 0. The quantitative estimate of drug-likeness (QED) is 0.874. The number of ether oxygens (including phenoxy) is 1. The second-order valence-electron chi connectivity index (χ2n) is 5.02. The van der Waals surface area contributed by atoms with E-state index >= 15 is 0 Å². The van der Waals surface area contributed by atoms with Gasteiger partial charge in [-0.3, -0.25) is 0 Å². The normalized spacial score (nSPS) is 18.6. The molecule has 0 unspecified atom stereocenters. The summed E-state index contributed by atoms with van der Waals surface area (Å²) < 4.78 is 19.6. The monoisotopic (exact) mass is 238 g/mol. The van der Waals surface area contributed by atoms with E-state index in [2.05, 4.69) is 0 Å². The molecule has 94 valence electrons. The third kappa shape index (κ3) is 2.44. The van der Waals surface area contributed by atoms with E-state index in [0.717, 1.165) is 12.8 Å². The molecule has 0 atom stereocenters. The standard InChI is InChI=1S/C14H19FO2/c1-10(2)17-12-7-5-6-11(13(12)15)14(16)8-3-4-9-14/h5-7,10,16H,3-4,8-9H2,1-2H3. The molecule has 0 saturated heterocycles. The van der Waals surface area contributed by atoms with Crippen LogP contribution in [0.4, 0.5) is 4.39 Å². The number of benzene rings is 1. The summed E-state index contributed by atoms with van der Waals surface area (Å²) in [6, 6.07) is 5.01. The van der Waals surface area contributed by atoms with Crippen LogP contribution in [0.25, 0.3) is 0 Å². The zero-order valence-corrected chi connectivity index (χ0v) is 10.4. The van der Waals surface area contributed by atoms with Gasteiger partial charge in [0.05, 0.1) is 11.7 Å². The molecule has 3 heteroatoms. The lowest BCUT2D eigenvalue weighted by molar-refractivity contribution is 0.0399. The minimum absolute atomic E-state index is 0.0713. The summed E-state index contributed by atoms with van der Waals surface area (Å²) in [5, 5.41) is 10.4. The van der Waals surface area contributed by atoms with Gasteiger partial charge in [0.2, 0.25) is 0 Å². The summed E-state index contributed by atoms with van der Waals surface area (Å²) in [6.07, 6.45) is 3.10. The van der Waals surface area contributed by atoms with E-state index in [1.165, 1.54) is 0 Å². The van der Waals surface area contributed by atoms with Crippen LogP contribution in [0, 0.1) is 5.82 Å². The van der Waals surface area contributed by atoms with Gasteiger partial charge in [-0.05, 0) is 32.8 Å². The van der Waals surface area contributed by atoms with Gasteiger partial charge in [0.1, 0.15) is 0 Å². The van der Waals surface area contributed by atoms with Crippen LogP contribution in [-0.4, -0.2) is 11.2 Å². The maximum absolute atomic E-state index is 14.2. The van der Waals surface area contributed by atoms with Crippen molar-refractivity contribution >= 4 is 0 Å². The van der Waals surface area contributed by atoms with Gasteiger partial charge in [-0.2, -0.15) is 0 Å². The molecule has 1 fully saturated rings. The average molecular weight is 238 g/mol. The van der Waals surface area contributed by atoms with Crippen molar-refractivity contribution in [3.05, 3.63) is 29.6 Å². The molecule has 1 aromatic rings. The van der Waals surface area contributed by atoms with Crippen molar-refractivity contribution in [3.8, 4) is 5.75 Å². The topological polar surface area (TPSA) is 29.5 Å². The van der Waals surface area contributed by atoms with Crippen LogP contribution in [0.15, 0.2) is 18.2 Å². The van der Waals surface area contributed by atoms with Crippen LogP contribution in [0.2, 0.25) is 0 Å². The van der Waals surface area contributed by atoms with Crippen LogP contribution in [0.3, 0.4) is 0 Å². The van der Waals surface area contributed by atoms with E-state index in [9.17, 15) is 9.50 Å². The Balaban J connectivity index is 2.35. The third-order valence-corrected chi connectivity index (χ3v) is 3.26. The number of hydrogen-bond acceptors (Lipinski definition) is 2. The first-order chi connectivity index (χ1) is 8.03. The van der Waals surface area contributed by atoms with Gasteiger partial charge in [-0.15, -0.1) is 0 Å². The highest BCUT2D eigenvalue weighted by Crippen LogP contribution is 2.41. The Bertz CT molecular complexity index is 395. The van der Waals surface area contributed by atoms with Crippen molar-refractivity contribution in [2.45, 2.75) is 51.2 Å². The Hall–Kier alpha value is -1.09. The first kappa shape index (κ1) is 12.4. The van der Waals surface area contributed by atoms with Crippen LogP contribution in [0.5, 0.6) is 5.75 Å². The molecular weight excluding hydrogens is 219 g/mol. The van der Waals surface area contributed by atoms with Crippen LogP contribution < -0.4 is 4.74 Å². The van der Waals surface area contributed by atoms with Gasteiger partial charge in [-0.1, -0.05) is 25.0 Å². The van der Waals surface area contributed by atoms with Crippen LogP contribution in [-0.2, 0) is 5.60 Å². The Kier molecular flexibility index (Phi) is 3.38. The molecule has 0 aromatic heterocycles. The SMILES string of the molecule is CC(C)Oc1cccc(C2(O)CCCC2)c1F. The van der Waals surface area contributed by atoms with Crippen molar-refractivity contribution in [1.82, 2.24) is 0 Å². The molecule has 0 radical (unpaired) electrons. The largest absolute Gasteiger partial charge is 0.488 e. The van der Waals surface area contributed by atoms with Gasteiger partial charge in [0.25, 0.3) is 0 Å². The van der Waals surface area contributed by atoms with E-state index in [1.54, 1.807) is 18.2 Å². The van der Waals surface area contributed by atoms with Gasteiger partial charge in [0.15, 0.2) is 11.6 Å². The molecule has 0 amide bonds. The Morgan fingerprint density at radius 3 is 2.53 bits per heavy atom. The molecule has 1 aromatic carbocycles. The zero-order valence-electron chi connectivity index (χ0n) is 10.4. The van der Waals surface area contributed by atoms with E-state index in [0.29, 0.717) is 18.4 Å². The number of halogens is 1. The summed E-state index contributed by atoms with van der Waals surface area (Å²) in [5.41, 5.74) is -0.617. The molecule has 0 heterocycles. The zero-order chi connectivity index (χ0) is 12.5. The minimum atomic E-state index is -1.000. The van der Waals surface area contributed by atoms with E-state index in [1.807, 2.05) is 13.8 Å². The van der Waals surface area contributed by atoms with Crippen molar-refractivity contribution in [2.24, 2.45) is 0 Å². The highest BCUT2D eigenvalue weighted by Gasteiger charge is 2.36. The maximum Gasteiger partial charge on any atom is 0.171 e. The second kappa shape index (κ2) is 4.65. The predicted octanol–water partition coefficient (Wildman–Crippen LogP) is 3.37. The molecule has 17 heavy (non-hydrogen) atoms. The Labute approximate surface area is 101 Å². The number of rotatable bonds is 3. The molecule has 1 aliphatic carbocycles. The molecule has 2 rings (SSSR count). The van der Waals surface area contributed by atoms with E-state index < -0.39 is 11.4 Å². The summed E-state index contributed by atoms with van der Waals surface area (Å²) in [4.78, 5) is 0. The third-order valence-electron chi connectivity index (χ3n) is 3.26. The van der Waals surface area contributed by atoms with Crippen molar-refractivity contribution in [3.63, 3.8) is 0 Å². The molecule has 1 aliphatic rings. The molecular formula is C14H19FO2. The van der Waals surface area contributed by atoms with Gasteiger partial charge in [-0.25, -0.2) is 4.39 Å². The highest BCUT2D eigenvalue weighted by molar-refractivity contribution is 5.35. The lowest BCUT2D eigenvalue weighted by Gasteiger charge is -2.24. The first-order valence-electron chi connectivity index (χ1n) is 6.21.